The third-order valence-electron chi connectivity index (χ3n) is 4.41. The standard InChI is InChI=1S/C17H23N3O6S/c1-2-3-7-14(17(23)24)19-16(22)11-8-15(21)20(10-11)12-5-4-6-13(9-12)27(18,25)26/h4-6,9,11,14H,2-3,7-8,10H2,1H3,(H,19,22)(H,23,24)(H2,18,25,26). The first-order valence-electron chi connectivity index (χ1n) is 8.60. The molecule has 1 fully saturated rings. The summed E-state index contributed by atoms with van der Waals surface area (Å²) in [7, 11) is -3.92. The zero-order chi connectivity index (χ0) is 20.2. The zero-order valence-corrected chi connectivity index (χ0v) is 15.7. The minimum Gasteiger partial charge on any atom is -0.480 e. The molecule has 2 atom stereocenters. The van der Waals surface area contributed by atoms with Crippen molar-refractivity contribution in [2.24, 2.45) is 11.1 Å². The first-order valence-corrected chi connectivity index (χ1v) is 10.1. The Morgan fingerprint density at radius 3 is 2.70 bits per heavy atom. The number of aliphatic carboxylic acids is 1. The van der Waals surface area contributed by atoms with Crippen molar-refractivity contribution in [1.29, 1.82) is 0 Å². The second kappa shape index (κ2) is 8.49. The summed E-state index contributed by atoms with van der Waals surface area (Å²) in [5.41, 5.74) is 0.322. The van der Waals surface area contributed by atoms with Crippen LogP contribution in [0.3, 0.4) is 0 Å². The van der Waals surface area contributed by atoms with Crippen LogP contribution in [-0.4, -0.2) is 43.9 Å². The third-order valence-corrected chi connectivity index (χ3v) is 5.33. The first-order chi connectivity index (χ1) is 12.6. The lowest BCUT2D eigenvalue weighted by molar-refractivity contribution is -0.142. The lowest BCUT2D eigenvalue weighted by Crippen LogP contribution is -2.44. The van der Waals surface area contributed by atoms with Crippen LogP contribution in [0.1, 0.15) is 32.6 Å². The lowest BCUT2D eigenvalue weighted by atomic mass is 10.1. The van der Waals surface area contributed by atoms with E-state index in [2.05, 4.69) is 5.32 Å². The van der Waals surface area contributed by atoms with Crippen molar-refractivity contribution < 1.29 is 27.9 Å². The minimum atomic E-state index is -3.92. The van der Waals surface area contributed by atoms with E-state index in [0.29, 0.717) is 18.5 Å². The molecule has 10 heteroatoms. The van der Waals surface area contributed by atoms with Gasteiger partial charge in [-0.3, -0.25) is 9.59 Å². The molecule has 1 aliphatic rings. The molecule has 1 saturated heterocycles. The number of nitrogens with one attached hydrogen (secondary N) is 1. The molecule has 1 aromatic carbocycles. The highest BCUT2D eigenvalue weighted by atomic mass is 32.2. The molecule has 0 aliphatic carbocycles. The fourth-order valence-corrected chi connectivity index (χ4v) is 3.47. The van der Waals surface area contributed by atoms with Gasteiger partial charge in [0.2, 0.25) is 21.8 Å². The number of nitrogens with zero attached hydrogens (tertiary/aromatic N) is 1. The van der Waals surface area contributed by atoms with Crippen molar-refractivity contribution >= 4 is 33.5 Å². The van der Waals surface area contributed by atoms with Gasteiger partial charge in [-0.1, -0.05) is 25.8 Å². The number of sulfonamides is 1. The van der Waals surface area contributed by atoms with Gasteiger partial charge in [0.25, 0.3) is 0 Å². The molecule has 2 amide bonds. The Morgan fingerprint density at radius 2 is 2.11 bits per heavy atom. The summed E-state index contributed by atoms with van der Waals surface area (Å²) in [5, 5.41) is 16.8. The van der Waals surface area contributed by atoms with Gasteiger partial charge >= 0.3 is 5.97 Å². The number of carbonyl (C=O) groups excluding carboxylic acids is 2. The van der Waals surface area contributed by atoms with Crippen LogP contribution < -0.4 is 15.4 Å². The molecule has 4 N–H and O–H groups in total. The van der Waals surface area contributed by atoms with Gasteiger partial charge in [-0.05, 0) is 24.6 Å². The Balaban J connectivity index is 2.10. The molecule has 0 saturated carbocycles. The molecule has 148 valence electrons. The van der Waals surface area contributed by atoms with Crippen molar-refractivity contribution in [2.75, 3.05) is 11.4 Å². The van der Waals surface area contributed by atoms with E-state index in [-0.39, 0.29) is 23.8 Å². The van der Waals surface area contributed by atoms with Crippen LogP contribution in [0.4, 0.5) is 5.69 Å². The molecule has 0 aromatic heterocycles. The number of unbranched alkanes of at least 4 members (excludes halogenated alkanes) is 1. The van der Waals surface area contributed by atoms with Crippen LogP contribution in [0.5, 0.6) is 0 Å². The highest BCUT2D eigenvalue weighted by Crippen LogP contribution is 2.27. The van der Waals surface area contributed by atoms with E-state index < -0.39 is 33.9 Å². The quantitative estimate of drug-likeness (QED) is 0.580. The van der Waals surface area contributed by atoms with Crippen LogP contribution in [0.15, 0.2) is 29.2 Å². The number of nitrogens with two attached hydrogens (primary N) is 1. The number of primary sulfonamides is 1. The van der Waals surface area contributed by atoms with E-state index in [1.54, 1.807) is 6.07 Å². The Bertz CT molecular complexity index is 839. The lowest BCUT2D eigenvalue weighted by Gasteiger charge is -2.19. The van der Waals surface area contributed by atoms with E-state index in [1.165, 1.54) is 23.1 Å². The van der Waals surface area contributed by atoms with E-state index in [0.717, 1.165) is 6.42 Å². The molecule has 0 bridgehead atoms. The normalized spacial score (nSPS) is 18.4. The number of carbonyl (C=O) groups is 3. The summed E-state index contributed by atoms with van der Waals surface area (Å²) in [5.74, 6) is -2.67. The Labute approximate surface area is 157 Å². The number of rotatable bonds is 8. The van der Waals surface area contributed by atoms with Gasteiger partial charge in [0, 0.05) is 18.7 Å². The monoisotopic (exact) mass is 397 g/mol. The van der Waals surface area contributed by atoms with Gasteiger partial charge in [0.1, 0.15) is 6.04 Å². The second-order valence-corrected chi connectivity index (χ2v) is 8.05. The summed E-state index contributed by atoms with van der Waals surface area (Å²) in [6.45, 7) is 1.96. The molecular formula is C17H23N3O6S. The van der Waals surface area contributed by atoms with E-state index in [4.69, 9.17) is 5.14 Å². The number of benzene rings is 1. The summed E-state index contributed by atoms with van der Waals surface area (Å²) in [6.07, 6.45) is 1.70. The van der Waals surface area contributed by atoms with Gasteiger partial charge in [0.15, 0.2) is 0 Å². The van der Waals surface area contributed by atoms with Gasteiger partial charge in [0.05, 0.1) is 10.8 Å². The predicted octanol–water partition coefficient (Wildman–Crippen LogP) is 0.447. The SMILES string of the molecule is CCCCC(NC(=O)C1CC(=O)N(c2cccc(S(N)(=O)=O)c2)C1)C(=O)O. The topological polar surface area (TPSA) is 147 Å². The van der Waals surface area contributed by atoms with Crippen molar-refractivity contribution in [1.82, 2.24) is 5.32 Å². The first kappa shape index (κ1) is 20.8. The van der Waals surface area contributed by atoms with Gasteiger partial charge in [-0.2, -0.15) is 0 Å². The molecule has 0 radical (unpaired) electrons. The number of carboxylic acids is 1. The summed E-state index contributed by atoms with van der Waals surface area (Å²) >= 11 is 0. The smallest absolute Gasteiger partial charge is 0.326 e. The maximum atomic E-state index is 12.4. The molecule has 0 spiro atoms. The van der Waals surface area contributed by atoms with E-state index in [1.807, 2.05) is 6.92 Å². The molecule has 27 heavy (non-hydrogen) atoms. The van der Waals surface area contributed by atoms with Gasteiger partial charge < -0.3 is 15.3 Å². The predicted molar refractivity (Wildman–Crippen MR) is 97.4 cm³/mol. The highest BCUT2D eigenvalue weighted by molar-refractivity contribution is 7.89. The van der Waals surface area contributed by atoms with Crippen molar-refractivity contribution in [3.8, 4) is 0 Å². The minimum absolute atomic E-state index is 0.0405. The number of carboxylic acid groups (broad SMARTS) is 1. The molecule has 9 nitrogen and oxygen atoms in total. The molecule has 2 rings (SSSR count). The maximum Gasteiger partial charge on any atom is 0.326 e. The fraction of sp³-hybridized carbons (Fsp3) is 0.471. The van der Waals surface area contributed by atoms with Crippen LogP contribution in [-0.2, 0) is 24.4 Å². The largest absolute Gasteiger partial charge is 0.480 e. The Kier molecular flexibility index (Phi) is 6.55. The van der Waals surface area contributed by atoms with Gasteiger partial charge in [-0.15, -0.1) is 0 Å². The number of hydrogen-bond donors (Lipinski definition) is 3. The Morgan fingerprint density at radius 1 is 1.41 bits per heavy atom. The molecular weight excluding hydrogens is 374 g/mol. The van der Waals surface area contributed by atoms with E-state index >= 15 is 0 Å². The number of anilines is 1. The highest BCUT2D eigenvalue weighted by Gasteiger charge is 2.36. The average molecular weight is 397 g/mol. The zero-order valence-electron chi connectivity index (χ0n) is 14.9. The number of amides is 2. The third kappa shape index (κ3) is 5.27. The molecule has 1 aliphatic heterocycles. The van der Waals surface area contributed by atoms with Crippen LogP contribution in [0.25, 0.3) is 0 Å². The van der Waals surface area contributed by atoms with Gasteiger partial charge in [-0.25, -0.2) is 18.4 Å². The summed E-state index contributed by atoms with van der Waals surface area (Å²) < 4.78 is 23.0. The summed E-state index contributed by atoms with van der Waals surface area (Å²) in [6, 6.07) is 4.60. The van der Waals surface area contributed by atoms with Crippen molar-refractivity contribution in [3.63, 3.8) is 0 Å². The maximum absolute atomic E-state index is 12.4. The Hall–Kier alpha value is -2.46. The van der Waals surface area contributed by atoms with E-state index in [9.17, 15) is 27.9 Å². The van der Waals surface area contributed by atoms with Crippen molar-refractivity contribution in [2.45, 2.75) is 43.5 Å². The molecule has 2 unspecified atom stereocenters. The summed E-state index contributed by atoms with van der Waals surface area (Å²) in [4.78, 5) is 37.1. The fourth-order valence-electron chi connectivity index (χ4n) is 2.92. The molecule has 1 heterocycles. The number of hydrogen-bond acceptors (Lipinski definition) is 5. The average Bonchev–Trinajstić information content (AvgIpc) is 2.99. The van der Waals surface area contributed by atoms with Crippen molar-refractivity contribution in [3.05, 3.63) is 24.3 Å². The van der Waals surface area contributed by atoms with Crippen LogP contribution >= 0.6 is 0 Å². The second-order valence-electron chi connectivity index (χ2n) is 6.49. The molecule has 1 aromatic rings. The van der Waals surface area contributed by atoms with Crippen LogP contribution in [0.2, 0.25) is 0 Å². The van der Waals surface area contributed by atoms with Crippen LogP contribution in [0, 0.1) is 5.92 Å².